The first-order valence-electron chi connectivity index (χ1n) is 9.71. The van der Waals surface area contributed by atoms with Crippen LogP contribution in [-0.2, 0) is 21.1 Å². The highest BCUT2D eigenvalue weighted by molar-refractivity contribution is 14.0. The van der Waals surface area contributed by atoms with Crippen LogP contribution in [0.3, 0.4) is 0 Å². The molecule has 1 aromatic heterocycles. The Morgan fingerprint density at radius 2 is 2.14 bits per heavy atom. The molecule has 0 aliphatic carbocycles. The fraction of sp³-hybridized carbons (Fsp3) is 0.684. The highest BCUT2D eigenvalue weighted by Gasteiger charge is 2.40. The predicted octanol–water partition coefficient (Wildman–Crippen LogP) is 1.51. The number of rotatable bonds is 3. The van der Waals surface area contributed by atoms with Crippen LogP contribution in [0.15, 0.2) is 23.3 Å². The number of nitrogens with zero attached hydrogens (tertiary/aromatic N) is 4. The van der Waals surface area contributed by atoms with Crippen LogP contribution in [0.5, 0.6) is 0 Å². The van der Waals surface area contributed by atoms with Gasteiger partial charge in [-0.3, -0.25) is 4.99 Å². The van der Waals surface area contributed by atoms with Gasteiger partial charge >= 0.3 is 0 Å². The van der Waals surface area contributed by atoms with E-state index in [1.807, 2.05) is 17.2 Å². The van der Waals surface area contributed by atoms with Crippen molar-refractivity contribution in [1.29, 1.82) is 0 Å². The topological polar surface area (TPSA) is 87.1 Å². The zero-order valence-electron chi connectivity index (χ0n) is 17.6. The van der Waals surface area contributed by atoms with Crippen LogP contribution in [0.25, 0.3) is 0 Å². The monoisotopic (exact) mass is 537 g/mol. The van der Waals surface area contributed by atoms with Crippen molar-refractivity contribution in [3.8, 4) is 0 Å². The summed E-state index contributed by atoms with van der Waals surface area (Å²) in [5.74, 6) is 1.83. The molecule has 1 aromatic rings. The normalized spacial score (nSPS) is 24.0. The second-order valence-electron chi connectivity index (χ2n) is 8.05. The van der Waals surface area contributed by atoms with Gasteiger partial charge in [0, 0.05) is 46.0 Å². The number of anilines is 1. The van der Waals surface area contributed by atoms with E-state index in [4.69, 9.17) is 4.74 Å². The number of nitrogens with one attached hydrogen (secondary N) is 1. The third-order valence-corrected chi connectivity index (χ3v) is 7.91. The molecule has 29 heavy (non-hydrogen) atoms. The number of ether oxygens (including phenoxy) is 1. The van der Waals surface area contributed by atoms with Crippen molar-refractivity contribution in [2.45, 2.75) is 38.2 Å². The second-order valence-corrected chi connectivity index (χ2v) is 10.8. The summed E-state index contributed by atoms with van der Waals surface area (Å²) in [7, 11) is -1.35. The van der Waals surface area contributed by atoms with Gasteiger partial charge < -0.3 is 19.9 Å². The van der Waals surface area contributed by atoms with E-state index < -0.39 is 14.6 Å². The molecule has 0 saturated carbocycles. The van der Waals surface area contributed by atoms with Gasteiger partial charge in [-0.15, -0.1) is 24.0 Å². The highest BCUT2D eigenvalue weighted by atomic mass is 127. The van der Waals surface area contributed by atoms with Gasteiger partial charge in [-0.05, 0) is 32.4 Å². The largest absolute Gasteiger partial charge is 0.375 e. The Kier molecular flexibility index (Phi) is 8.14. The molecule has 1 N–H and O–H groups in total. The van der Waals surface area contributed by atoms with Gasteiger partial charge in [-0.1, -0.05) is 6.07 Å². The lowest BCUT2D eigenvalue weighted by molar-refractivity contribution is 0.0529. The molecule has 0 aromatic carbocycles. The lowest BCUT2D eigenvalue weighted by Gasteiger charge is -2.39. The molecule has 8 nitrogen and oxygen atoms in total. The van der Waals surface area contributed by atoms with Crippen molar-refractivity contribution in [2.75, 3.05) is 50.5 Å². The fourth-order valence-electron chi connectivity index (χ4n) is 3.57. The zero-order valence-corrected chi connectivity index (χ0v) is 20.7. The first kappa shape index (κ1) is 24.1. The minimum Gasteiger partial charge on any atom is -0.375 e. The zero-order chi connectivity index (χ0) is 20.4. The summed E-state index contributed by atoms with van der Waals surface area (Å²) in [6.45, 7) is 9.53. The van der Waals surface area contributed by atoms with Crippen molar-refractivity contribution in [3.05, 3.63) is 23.9 Å². The van der Waals surface area contributed by atoms with E-state index >= 15 is 0 Å². The van der Waals surface area contributed by atoms with Crippen LogP contribution in [0.1, 0.15) is 26.3 Å². The third kappa shape index (κ3) is 5.72. The van der Waals surface area contributed by atoms with E-state index in [0.717, 1.165) is 31.1 Å². The standard InChI is InChI=1S/C19H31N5O3S.HI/c1-15-13-23(7-9-27-15)17-6-5-16(11-21-17)12-22-18(20-4)24-8-10-28(25,26)19(2,3)14-24;/h5-6,11,15H,7-10,12-14H2,1-4H3,(H,20,22);1H. The van der Waals surface area contributed by atoms with Crippen LogP contribution >= 0.6 is 24.0 Å². The Morgan fingerprint density at radius 1 is 1.38 bits per heavy atom. The number of pyridine rings is 1. The first-order chi connectivity index (χ1) is 13.2. The summed E-state index contributed by atoms with van der Waals surface area (Å²) in [5, 5.41) is 3.33. The van der Waals surface area contributed by atoms with Gasteiger partial charge in [0.2, 0.25) is 0 Å². The SMILES string of the molecule is CN=C(NCc1ccc(N2CCOC(C)C2)nc1)N1CCS(=O)(=O)C(C)(C)C1.I. The number of aliphatic imine (C=N–C) groups is 1. The number of sulfone groups is 1. The molecule has 164 valence electrons. The molecule has 10 heteroatoms. The molecule has 1 atom stereocenters. The van der Waals surface area contributed by atoms with Crippen molar-refractivity contribution in [3.63, 3.8) is 0 Å². The Balaban J connectivity index is 0.00000300. The maximum atomic E-state index is 12.2. The minimum atomic E-state index is -3.07. The van der Waals surface area contributed by atoms with E-state index in [1.165, 1.54) is 0 Å². The number of aromatic nitrogens is 1. The average molecular weight is 537 g/mol. The number of hydrogen-bond acceptors (Lipinski definition) is 6. The van der Waals surface area contributed by atoms with Crippen molar-refractivity contribution < 1.29 is 13.2 Å². The summed E-state index contributed by atoms with van der Waals surface area (Å²) in [6.07, 6.45) is 2.10. The number of guanidine groups is 1. The van der Waals surface area contributed by atoms with Gasteiger partial charge in [-0.2, -0.15) is 0 Å². The Hall–Kier alpha value is -1.14. The number of halogens is 1. The van der Waals surface area contributed by atoms with E-state index in [1.54, 1.807) is 20.9 Å². The van der Waals surface area contributed by atoms with Gasteiger partial charge in [0.25, 0.3) is 0 Å². The van der Waals surface area contributed by atoms with Crippen LogP contribution in [0.2, 0.25) is 0 Å². The van der Waals surface area contributed by atoms with Gasteiger partial charge in [0.1, 0.15) is 5.82 Å². The molecule has 3 heterocycles. The molecule has 0 radical (unpaired) electrons. The average Bonchev–Trinajstić information content (AvgIpc) is 2.65. The predicted molar refractivity (Wildman–Crippen MR) is 127 cm³/mol. The van der Waals surface area contributed by atoms with Crippen molar-refractivity contribution in [1.82, 2.24) is 15.2 Å². The van der Waals surface area contributed by atoms with Gasteiger partial charge in [0.15, 0.2) is 15.8 Å². The van der Waals surface area contributed by atoms with Crippen LogP contribution in [0, 0.1) is 0 Å². The third-order valence-electron chi connectivity index (χ3n) is 5.38. The lowest BCUT2D eigenvalue weighted by atomic mass is 10.2. The van der Waals surface area contributed by atoms with Crippen LogP contribution in [0.4, 0.5) is 5.82 Å². The molecule has 0 spiro atoms. The Morgan fingerprint density at radius 3 is 2.72 bits per heavy atom. The maximum absolute atomic E-state index is 12.2. The van der Waals surface area contributed by atoms with E-state index in [0.29, 0.717) is 25.6 Å². The Labute approximate surface area is 191 Å². The molecule has 0 bridgehead atoms. The molecule has 2 fully saturated rings. The minimum absolute atomic E-state index is 0. The smallest absolute Gasteiger partial charge is 0.193 e. The second kappa shape index (κ2) is 9.78. The summed E-state index contributed by atoms with van der Waals surface area (Å²) in [6, 6.07) is 4.10. The molecule has 2 aliphatic rings. The Bertz CT molecular complexity index is 814. The molecule has 0 amide bonds. The van der Waals surface area contributed by atoms with Crippen molar-refractivity contribution in [2.24, 2.45) is 4.99 Å². The summed E-state index contributed by atoms with van der Waals surface area (Å²) >= 11 is 0. The summed E-state index contributed by atoms with van der Waals surface area (Å²) < 4.78 is 29.2. The van der Waals surface area contributed by atoms with Crippen LogP contribution in [-0.4, -0.2) is 80.7 Å². The quantitative estimate of drug-likeness (QED) is 0.356. The van der Waals surface area contributed by atoms with E-state index in [-0.39, 0.29) is 35.8 Å². The summed E-state index contributed by atoms with van der Waals surface area (Å²) in [5.41, 5.74) is 1.05. The fourth-order valence-corrected chi connectivity index (χ4v) is 4.94. The molecule has 3 rings (SSSR count). The molecule has 2 aliphatic heterocycles. The maximum Gasteiger partial charge on any atom is 0.193 e. The molecule has 2 saturated heterocycles. The van der Waals surface area contributed by atoms with Crippen LogP contribution < -0.4 is 10.2 Å². The number of hydrogen-bond donors (Lipinski definition) is 1. The van der Waals surface area contributed by atoms with Crippen molar-refractivity contribution >= 4 is 45.6 Å². The molecular formula is C19H32IN5O3S. The summed E-state index contributed by atoms with van der Waals surface area (Å²) in [4.78, 5) is 13.2. The van der Waals surface area contributed by atoms with E-state index in [2.05, 4.69) is 33.2 Å². The molecule has 1 unspecified atom stereocenters. The van der Waals surface area contributed by atoms with E-state index in [9.17, 15) is 8.42 Å². The van der Waals surface area contributed by atoms with Gasteiger partial charge in [-0.25, -0.2) is 13.4 Å². The molecular weight excluding hydrogens is 505 g/mol. The lowest BCUT2D eigenvalue weighted by Crippen LogP contribution is -2.57. The first-order valence-corrected chi connectivity index (χ1v) is 11.4. The highest BCUT2D eigenvalue weighted by Crippen LogP contribution is 2.23. The number of morpholine rings is 1. The van der Waals surface area contributed by atoms with Gasteiger partial charge in [0.05, 0.1) is 23.2 Å².